The van der Waals surface area contributed by atoms with Gasteiger partial charge in [-0.1, -0.05) is 184 Å². The zero-order chi connectivity index (χ0) is 53.0. The first-order valence-electron chi connectivity index (χ1n) is 29.2. The summed E-state index contributed by atoms with van der Waals surface area (Å²) in [6.07, 6.45) is 38.8. The maximum atomic E-state index is 13.1. The van der Waals surface area contributed by atoms with Crippen LogP contribution in [0.25, 0.3) is 0 Å². The Morgan fingerprint density at radius 3 is 1.37 bits per heavy atom. The standard InChI is InChI=1S/C59H106O14/c1-3-5-7-9-11-13-15-17-19-21-23-25-27-29-31-33-35-37-39-41-43-68-45-48(71-51(61)42-40-38-36-34-32-30-28-26-24-22-20-18-16-14-12-10-8-6-4-2)46-69-58-57(67)55(65)53(63)50(73-58)47-70-59-56(66)54(64)52(62)49(44-60)72-59/h11,13,17-20,23,25,48-50,52-60,62-67H,3-10,12,14-16,21-22,24,26-47H2,1-2H3/b13-11-,19-17-,20-18-,25-23-. The lowest BCUT2D eigenvalue weighted by atomic mass is 9.98. The van der Waals surface area contributed by atoms with E-state index in [9.17, 15) is 40.5 Å². The Hall–Kier alpha value is -2.05. The first kappa shape index (κ1) is 67.1. The normalized spacial score (nSPS) is 25.3. The fraction of sp³-hybridized carbons (Fsp3) is 0.847. The monoisotopic (exact) mass is 1040 g/mol. The van der Waals surface area contributed by atoms with Gasteiger partial charge in [0.25, 0.3) is 0 Å². The molecule has 0 amide bonds. The summed E-state index contributed by atoms with van der Waals surface area (Å²) >= 11 is 0. The molecule has 0 aromatic heterocycles. The Morgan fingerprint density at radius 1 is 0.452 bits per heavy atom. The second kappa shape index (κ2) is 46.1. The molecule has 0 aromatic rings. The number of esters is 1. The zero-order valence-corrected chi connectivity index (χ0v) is 45.6. The summed E-state index contributed by atoms with van der Waals surface area (Å²) in [5, 5.41) is 72.3. The number of aliphatic hydroxyl groups excluding tert-OH is 7. The predicted octanol–water partition coefficient (Wildman–Crippen LogP) is 10.3. The van der Waals surface area contributed by atoms with Crippen LogP contribution in [0.1, 0.15) is 219 Å². The Balaban J connectivity index is 1.73. The lowest BCUT2D eigenvalue weighted by molar-refractivity contribution is -0.332. The smallest absolute Gasteiger partial charge is 0.306 e. The molecule has 426 valence electrons. The van der Waals surface area contributed by atoms with Crippen LogP contribution in [0.2, 0.25) is 0 Å². The van der Waals surface area contributed by atoms with Crippen molar-refractivity contribution in [3.8, 4) is 0 Å². The minimum Gasteiger partial charge on any atom is -0.457 e. The van der Waals surface area contributed by atoms with Crippen LogP contribution >= 0.6 is 0 Å². The summed E-state index contributed by atoms with van der Waals surface area (Å²) in [6.45, 7) is 3.65. The molecular formula is C59H106O14. The van der Waals surface area contributed by atoms with Gasteiger partial charge in [0.1, 0.15) is 54.9 Å². The molecule has 2 aliphatic rings. The molecule has 14 heteroatoms. The fourth-order valence-electron chi connectivity index (χ4n) is 9.05. The number of allylic oxidation sites excluding steroid dienone is 8. The average Bonchev–Trinajstić information content (AvgIpc) is 3.39. The zero-order valence-electron chi connectivity index (χ0n) is 45.6. The van der Waals surface area contributed by atoms with E-state index in [1.54, 1.807) is 0 Å². The van der Waals surface area contributed by atoms with Crippen LogP contribution in [0.5, 0.6) is 0 Å². The number of aliphatic hydroxyl groups is 7. The number of carbonyl (C=O) groups is 1. The molecule has 7 N–H and O–H groups in total. The number of carbonyl (C=O) groups excluding carboxylic acids is 1. The fourth-order valence-corrected chi connectivity index (χ4v) is 9.05. The van der Waals surface area contributed by atoms with Crippen LogP contribution in [-0.2, 0) is 33.2 Å². The van der Waals surface area contributed by atoms with Crippen molar-refractivity contribution >= 4 is 5.97 Å². The molecule has 2 heterocycles. The summed E-state index contributed by atoms with van der Waals surface area (Å²) in [6, 6.07) is 0. The van der Waals surface area contributed by atoms with Crippen molar-refractivity contribution in [2.45, 2.75) is 287 Å². The van der Waals surface area contributed by atoms with Crippen LogP contribution in [0.3, 0.4) is 0 Å². The van der Waals surface area contributed by atoms with Gasteiger partial charge in [0.15, 0.2) is 12.6 Å². The molecule has 2 aliphatic heterocycles. The SMILES string of the molecule is CCCCC/C=C\C/C=C\C/C=C\CCCCCCCCCOCC(COC1OC(COC2OC(CO)C(O)C(O)C2O)C(O)C(O)C1O)OC(=O)CCCCCCCCCCC/C=C\CCCCCCCC. The number of hydrogen-bond donors (Lipinski definition) is 7. The van der Waals surface area contributed by atoms with E-state index in [4.69, 9.17) is 28.4 Å². The third kappa shape index (κ3) is 33.0. The number of unbranched alkanes of at least 4 members (excludes halogenated alkanes) is 25. The summed E-state index contributed by atoms with van der Waals surface area (Å²) in [4.78, 5) is 13.1. The molecule has 2 rings (SSSR count). The van der Waals surface area contributed by atoms with Gasteiger partial charge >= 0.3 is 5.97 Å². The van der Waals surface area contributed by atoms with Crippen LogP contribution in [0.4, 0.5) is 0 Å². The van der Waals surface area contributed by atoms with E-state index >= 15 is 0 Å². The van der Waals surface area contributed by atoms with Gasteiger partial charge in [-0.3, -0.25) is 4.79 Å². The van der Waals surface area contributed by atoms with Crippen LogP contribution in [0.15, 0.2) is 48.6 Å². The van der Waals surface area contributed by atoms with Crippen molar-refractivity contribution in [3.05, 3.63) is 48.6 Å². The molecule has 11 atom stereocenters. The number of ether oxygens (including phenoxy) is 6. The molecule has 2 saturated heterocycles. The van der Waals surface area contributed by atoms with Gasteiger partial charge in [0.05, 0.1) is 26.4 Å². The third-order valence-electron chi connectivity index (χ3n) is 13.8. The lowest BCUT2D eigenvalue weighted by Crippen LogP contribution is -2.61. The summed E-state index contributed by atoms with van der Waals surface area (Å²) < 4.78 is 34.4. The second-order valence-electron chi connectivity index (χ2n) is 20.5. The minimum absolute atomic E-state index is 0.0539. The molecule has 0 spiro atoms. The Bertz CT molecular complexity index is 1390. The van der Waals surface area contributed by atoms with Crippen LogP contribution < -0.4 is 0 Å². The summed E-state index contributed by atoms with van der Waals surface area (Å²) in [5.41, 5.74) is 0. The Labute approximate surface area is 442 Å². The highest BCUT2D eigenvalue weighted by Crippen LogP contribution is 2.27. The van der Waals surface area contributed by atoms with Gasteiger partial charge in [-0.25, -0.2) is 0 Å². The van der Waals surface area contributed by atoms with E-state index in [1.807, 2.05) is 0 Å². The molecule has 0 radical (unpaired) electrons. The minimum atomic E-state index is -1.71. The molecule has 14 nitrogen and oxygen atoms in total. The highest BCUT2D eigenvalue weighted by atomic mass is 16.7. The number of rotatable bonds is 47. The predicted molar refractivity (Wildman–Crippen MR) is 289 cm³/mol. The van der Waals surface area contributed by atoms with Gasteiger partial charge in [0, 0.05) is 13.0 Å². The first-order chi connectivity index (χ1) is 35.6. The molecule has 0 aromatic carbocycles. The van der Waals surface area contributed by atoms with E-state index in [1.165, 1.54) is 135 Å². The summed E-state index contributed by atoms with van der Waals surface area (Å²) in [5.74, 6) is -0.381. The van der Waals surface area contributed by atoms with Crippen molar-refractivity contribution in [1.82, 2.24) is 0 Å². The van der Waals surface area contributed by atoms with Gasteiger partial charge in [0.2, 0.25) is 0 Å². The van der Waals surface area contributed by atoms with Crippen molar-refractivity contribution in [2.24, 2.45) is 0 Å². The molecule has 0 aliphatic carbocycles. The third-order valence-corrected chi connectivity index (χ3v) is 13.8. The maximum absolute atomic E-state index is 13.1. The van der Waals surface area contributed by atoms with Crippen molar-refractivity contribution in [1.29, 1.82) is 0 Å². The Kier molecular flexibility index (Phi) is 42.3. The van der Waals surface area contributed by atoms with Crippen molar-refractivity contribution in [2.75, 3.05) is 33.0 Å². The molecule has 0 saturated carbocycles. The average molecular weight is 1040 g/mol. The largest absolute Gasteiger partial charge is 0.457 e. The van der Waals surface area contributed by atoms with E-state index in [2.05, 4.69) is 62.5 Å². The molecule has 0 bridgehead atoms. The molecule has 2 fully saturated rings. The Morgan fingerprint density at radius 2 is 0.849 bits per heavy atom. The summed E-state index contributed by atoms with van der Waals surface area (Å²) in [7, 11) is 0. The highest BCUT2D eigenvalue weighted by Gasteiger charge is 2.47. The van der Waals surface area contributed by atoms with Gasteiger partial charge in [-0.05, 0) is 77.0 Å². The molecule has 73 heavy (non-hydrogen) atoms. The highest BCUT2D eigenvalue weighted by molar-refractivity contribution is 5.69. The van der Waals surface area contributed by atoms with E-state index in [-0.39, 0.29) is 25.6 Å². The lowest BCUT2D eigenvalue weighted by Gasteiger charge is -2.42. The quantitative estimate of drug-likeness (QED) is 0.0172. The number of hydrogen-bond acceptors (Lipinski definition) is 14. The van der Waals surface area contributed by atoms with Gasteiger partial charge in [-0.15, -0.1) is 0 Å². The molecule has 11 unspecified atom stereocenters. The van der Waals surface area contributed by atoms with Crippen molar-refractivity contribution < 1.29 is 69.0 Å². The second-order valence-corrected chi connectivity index (χ2v) is 20.5. The first-order valence-corrected chi connectivity index (χ1v) is 29.2. The topological polar surface area (TPSA) is 214 Å². The van der Waals surface area contributed by atoms with E-state index in [0.29, 0.717) is 13.0 Å². The van der Waals surface area contributed by atoms with Crippen molar-refractivity contribution in [3.63, 3.8) is 0 Å². The maximum Gasteiger partial charge on any atom is 0.306 e. The van der Waals surface area contributed by atoms with Gasteiger partial charge in [-0.2, -0.15) is 0 Å². The van der Waals surface area contributed by atoms with Gasteiger partial charge < -0.3 is 64.2 Å². The van der Waals surface area contributed by atoms with E-state index in [0.717, 1.165) is 57.8 Å². The van der Waals surface area contributed by atoms with Crippen LogP contribution in [-0.4, -0.2) is 142 Å². The van der Waals surface area contributed by atoms with E-state index < -0.39 is 80.7 Å². The molecular weight excluding hydrogens is 933 g/mol. The van der Waals surface area contributed by atoms with Crippen LogP contribution in [0, 0.1) is 0 Å².